The molecule has 4 N–H and O–H groups in total. The second-order valence-electron chi connectivity index (χ2n) is 3.41. The largest absolute Gasteiger partial charge is 0.470 e. The lowest BCUT2D eigenvalue weighted by Crippen LogP contribution is -2.39. The Labute approximate surface area is 86.9 Å². The monoisotopic (exact) mass is 242 g/mol. The van der Waals surface area contributed by atoms with Crippen molar-refractivity contribution in [3.8, 4) is 0 Å². The fraction of sp³-hybridized carbons (Fsp3) is 0.857. The van der Waals surface area contributed by atoms with E-state index in [2.05, 4.69) is 4.52 Å². The van der Waals surface area contributed by atoms with Crippen molar-refractivity contribution in [3.05, 3.63) is 0 Å². The highest BCUT2D eigenvalue weighted by molar-refractivity contribution is 7.46. The van der Waals surface area contributed by atoms with Crippen molar-refractivity contribution < 1.29 is 33.9 Å². The molecule has 2 atom stereocenters. The van der Waals surface area contributed by atoms with Gasteiger partial charge in [-0.3, -0.25) is 9.32 Å². The van der Waals surface area contributed by atoms with Gasteiger partial charge in [-0.05, 0) is 5.92 Å². The number of hydrogen-bond acceptors (Lipinski definition) is 5. The van der Waals surface area contributed by atoms with Crippen molar-refractivity contribution in [1.82, 2.24) is 0 Å². The van der Waals surface area contributed by atoms with Gasteiger partial charge in [0.25, 0.3) is 0 Å². The molecule has 0 aromatic rings. The highest BCUT2D eigenvalue weighted by atomic mass is 31.2. The molecular formula is C7H15O7P. The summed E-state index contributed by atoms with van der Waals surface area (Å²) >= 11 is 0. The van der Waals surface area contributed by atoms with Gasteiger partial charge < -0.3 is 20.0 Å². The van der Waals surface area contributed by atoms with Crippen LogP contribution in [-0.2, 0) is 13.9 Å². The van der Waals surface area contributed by atoms with Crippen LogP contribution in [0, 0.1) is 5.92 Å². The van der Waals surface area contributed by atoms with Gasteiger partial charge in [0.15, 0.2) is 5.78 Å². The lowest BCUT2D eigenvalue weighted by molar-refractivity contribution is -0.137. The molecule has 0 rings (SSSR count). The fourth-order valence-electron chi connectivity index (χ4n) is 0.788. The van der Waals surface area contributed by atoms with Gasteiger partial charge >= 0.3 is 7.82 Å². The average molecular weight is 242 g/mol. The molecule has 0 aromatic heterocycles. The van der Waals surface area contributed by atoms with Gasteiger partial charge in [0.2, 0.25) is 0 Å². The van der Waals surface area contributed by atoms with Crippen LogP contribution in [0.3, 0.4) is 0 Å². The van der Waals surface area contributed by atoms with Gasteiger partial charge in [0.1, 0.15) is 12.7 Å². The summed E-state index contributed by atoms with van der Waals surface area (Å²) in [6.45, 7) is 2.24. The van der Waals surface area contributed by atoms with E-state index in [1.54, 1.807) is 13.8 Å². The molecule has 0 heterocycles. The minimum absolute atomic E-state index is 0.348. The Bertz CT molecular complexity index is 258. The molecule has 0 fully saturated rings. The molecule has 0 aliphatic heterocycles. The third-order valence-electron chi connectivity index (χ3n) is 1.71. The Kier molecular flexibility index (Phi) is 5.58. The Morgan fingerprint density at radius 1 is 1.33 bits per heavy atom. The number of carbonyl (C=O) groups is 1. The first kappa shape index (κ1) is 14.7. The Hall–Kier alpha value is -0.300. The van der Waals surface area contributed by atoms with Crippen molar-refractivity contribution in [1.29, 1.82) is 0 Å². The van der Waals surface area contributed by atoms with Crippen molar-refractivity contribution in [2.75, 3.05) is 6.61 Å². The summed E-state index contributed by atoms with van der Waals surface area (Å²) in [6.07, 6.45) is -2.98. The van der Waals surface area contributed by atoms with Gasteiger partial charge in [-0.15, -0.1) is 0 Å². The van der Waals surface area contributed by atoms with E-state index in [9.17, 15) is 19.6 Å². The van der Waals surface area contributed by atoms with Gasteiger partial charge in [0, 0.05) is 0 Å². The maximum absolute atomic E-state index is 11.1. The van der Waals surface area contributed by atoms with E-state index >= 15 is 0 Å². The van der Waals surface area contributed by atoms with Crippen LogP contribution >= 0.6 is 7.82 Å². The van der Waals surface area contributed by atoms with Crippen LogP contribution in [-0.4, -0.2) is 44.6 Å². The highest BCUT2D eigenvalue weighted by Gasteiger charge is 2.28. The van der Waals surface area contributed by atoms with E-state index in [1.165, 1.54) is 0 Å². The minimum Gasteiger partial charge on any atom is -0.390 e. The molecule has 0 saturated heterocycles. The molecule has 0 spiro atoms. The van der Waals surface area contributed by atoms with E-state index < -0.39 is 32.4 Å². The smallest absolute Gasteiger partial charge is 0.390 e. The third-order valence-corrected chi connectivity index (χ3v) is 2.18. The number of hydrogen-bond donors (Lipinski definition) is 4. The lowest BCUT2D eigenvalue weighted by atomic mass is 9.99. The van der Waals surface area contributed by atoms with Gasteiger partial charge in [0.05, 0.1) is 6.10 Å². The van der Waals surface area contributed by atoms with E-state index in [4.69, 9.17) is 9.79 Å². The van der Waals surface area contributed by atoms with Gasteiger partial charge in [-0.1, -0.05) is 13.8 Å². The molecule has 0 amide bonds. The summed E-state index contributed by atoms with van der Waals surface area (Å²) in [5, 5.41) is 18.5. The van der Waals surface area contributed by atoms with Crippen LogP contribution in [0.2, 0.25) is 0 Å². The van der Waals surface area contributed by atoms with Crippen LogP contribution in [0.4, 0.5) is 0 Å². The number of carbonyl (C=O) groups excluding carboxylic acids is 1. The Morgan fingerprint density at radius 2 is 1.80 bits per heavy atom. The zero-order valence-corrected chi connectivity index (χ0v) is 9.29. The summed E-state index contributed by atoms with van der Waals surface area (Å²) in [5.74, 6) is -1.32. The van der Waals surface area contributed by atoms with Crippen LogP contribution in [0.5, 0.6) is 0 Å². The number of phosphoric acid groups is 1. The summed E-state index contributed by atoms with van der Waals surface area (Å²) in [5.41, 5.74) is 0. The number of Topliss-reactive ketones (excluding diaryl/α,β-unsaturated/α-hetero) is 1. The Morgan fingerprint density at radius 3 is 2.13 bits per heavy atom. The number of aliphatic hydroxyl groups excluding tert-OH is 2. The normalized spacial score (nSPS) is 16.5. The van der Waals surface area contributed by atoms with Crippen LogP contribution in [0.1, 0.15) is 13.8 Å². The maximum Gasteiger partial charge on any atom is 0.470 e. The second kappa shape index (κ2) is 5.69. The predicted molar refractivity (Wildman–Crippen MR) is 49.9 cm³/mol. The topological polar surface area (TPSA) is 124 Å². The molecular weight excluding hydrogens is 227 g/mol. The average Bonchev–Trinajstić information content (AvgIpc) is 2.10. The molecule has 90 valence electrons. The minimum atomic E-state index is -4.73. The molecule has 0 aromatic carbocycles. The molecule has 0 aliphatic rings. The lowest BCUT2D eigenvalue weighted by Gasteiger charge is -2.19. The highest BCUT2D eigenvalue weighted by Crippen LogP contribution is 2.35. The van der Waals surface area contributed by atoms with Crippen LogP contribution in [0.15, 0.2) is 0 Å². The number of phosphoric ester groups is 1. The molecule has 2 unspecified atom stereocenters. The zero-order chi connectivity index (χ0) is 12.2. The first-order chi connectivity index (χ1) is 6.65. The van der Waals surface area contributed by atoms with Crippen LogP contribution in [0.25, 0.3) is 0 Å². The molecule has 15 heavy (non-hydrogen) atoms. The maximum atomic E-state index is 11.1. The predicted octanol–water partition coefficient (Wildman–Crippen LogP) is -0.957. The number of aliphatic hydroxyl groups is 2. The third kappa shape index (κ3) is 5.99. The molecule has 0 saturated carbocycles. The molecule has 7 nitrogen and oxygen atoms in total. The quantitative estimate of drug-likeness (QED) is 0.442. The Balaban J connectivity index is 4.17. The summed E-state index contributed by atoms with van der Waals surface area (Å²) in [4.78, 5) is 27.6. The SMILES string of the molecule is CC(C)C(O)C(O)C(=O)COP(=O)(O)O. The molecule has 0 aliphatic carbocycles. The standard InChI is InChI=1S/C7H15O7P/c1-4(2)6(9)7(10)5(8)3-14-15(11,12)13/h4,6-7,9-10H,3H2,1-2H3,(H2,11,12,13). The zero-order valence-electron chi connectivity index (χ0n) is 8.40. The molecule has 8 heteroatoms. The summed E-state index contributed by atoms with van der Waals surface area (Å²) in [6, 6.07) is 0. The van der Waals surface area contributed by atoms with Crippen molar-refractivity contribution in [2.24, 2.45) is 5.92 Å². The van der Waals surface area contributed by atoms with E-state index in [0.717, 1.165) is 0 Å². The fourth-order valence-corrected chi connectivity index (χ4v) is 1.08. The first-order valence-corrected chi connectivity index (χ1v) is 5.77. The van der Waals surface area contributed by atoms with E-state index in [-0.39, 0.29) is 5.92 Å². The summed E-state index contributed by atoms with van der Waals surface area (Å²) in [7, 11) is -4.73. The molecule has 0 bridgehead atoms. The van der Waals surface area contributed by atoms with E-state index in [1.807, 2.05) is 0 Å². The first-order valence-electron chi connectivity index (χ1n) is 4.24. The van der Waals surface area contributed by atoms with Crippen molar-refractivity contribution >= 4 is 13.6 Å². The van der Waals surface area contributed by atoms with E-state index in [0.29, 0.717) is 0 Å². The van der Waals surface area contributed by atoms with Crippen molar-refractivity contribution in [3.63, 3.8) is 0 Å². The second-order valence-corrected chi connectivity index (χ2v) is 4.65. The number of ketones is 1. The van der Waals surface area contributed by atoms with Gasteiger partial charge in [-0.25, -0.2) is 4.57 Å². The summed E-state index contributed by atoms with van der Waals surface area (Å²) < 4.78 is 14.1. The molecule has 0 radical (unpaired) electrons. The number of rotatable bonds is 6. The van der Waals surface area contributed by atoms with Crippen molar-refractivity contribution in [2.45, 2.75) is 26.1 Å². The van der Waals surface area contributed by atoms with Gasteiger partial charge in [-0.2, -0.15) is 0 Å². The van der Waals surface area contributed by atoms with Crippen LogP contribution < -0.4 is 0 Å².